The van der Waals surface area contributed by atoms with Gasteiger partial charge in [-0.25, -0.2) is 0 Å². The first-order valence-electron chi connectivity index (χ1n) is 4.36. The summed E-state index contributed by atoms with van der Waals surface area (Å²) in [4.78, 5) is -0.180. The van der Waals surface area contributed by atoms with Gasteiger partial charge in [-0.15, -0.1) is 0 Å². The Bertz CT molecular complexity index is 467. The first kappa shape index (κ1) is 11.8. The Balaban J connectivity index is 3.36. The van der Waals surface area contributed by atoms with Gasteiger partial charge < -0.3 is 10.5 Å². The van der Waals surface area contributed by atoms with Crippen molar-refractivity contribution < 1.29 is 17.7 Å². The van der Waals surface area contributed by atoms with Crippen molar-refractivity contribution in [2.24, 2.45) is 0 Å². The molecule has 0 saturated carbocycles. The Morgan fingerprint density at radius 1 is 1.47 bits per heavy atom. The summed E-state index contributed by atoms with van der Waals surface area (Å²) in [5.41, 5.74) is 6.35. The zero-order chi connectivity index (χ0) is 11.6. The lowest BCUT2D eigenvalue weighted by atomic mass is 10.2. The molecule has 1 aromatic carbocycles. The van der Waals surface area contributed by atoms with E-state index in [2.05, 4.69) is 0 Å². The fourth-order valence-electron chi connectivity index (χ4n) is 1.25. The van der Waals surface area contributed by atoms with E-state index in [1.165, 1.54) is 12.1 Å². The topological polar surface area (TPSA) is 89.6 Å². The highest BCUT2D eigenvalue weighted by molar-refractivity contribution is 7.85. The highest BCUT2D eigenvalue weighted by atomic mass is 32.2. The monoisotopic (exact) mass is 231 g/mol. The van der Waals surface area contributed by atoms with E-state index in [0.29, 0.717) is 17.9 Å². The van der Waals surface area contributed by atoms with Gasteiger partial charge in [0.05, 0.1) is 12.3 Å². The standard InChI is InChI=1S/C9H13NO4S/c1-3-14-8-5-9(15(11,12)13)6(2)4-7(8)10/h4-5H,3,10H2,1-2H3,(H,11,12,13). The Labute approximate surface area is 88.6 Å². The SMILES string of the molecule is CCOc1cc(S(=O)(=O)O)c(C)cc1N. The van der Waals surface area contributed by atoms with Crippen molar-refractivity contribution in [3.8, 4) is 5.75 Å². The number of ether oxygens (including phenoxy) is 1. The number of benzene rings is 1. The minimum Gasteiger partial charge on any atom is -0.492 e. The molecule has 0 radical (unpaired) electrons. The van der Waals surface area contributed by atoms with Crippen LogP contribution in [0.5, 0.6) is 5.75 Å². The fourth-order valence-corrected chi connectivity index (χ4v) is 1.97. The molecule has 0 unspecified atom stereocenters. The fraction of sp³-hybridized carbons (Fsp3) is 0.333. The number of aryl methyl sites for hydroxylation is 1. The molecule has 84 valence electrons. The van der Waals surface area contributed by atoms with Crippen molar-refractivity contribution in [1.82, 2.24) is 0 Å². The molecule has 0 spiro atoms. The van der Waals surface area contributed by atoms with Crippen molar-refractivity contribution >= 4 is 15.8 Å². The number of anilines is 1. The maximum atomic E-state index is 11.0. The third kappa shape index (κ3) is 2.60. The van der Waals surface area contributed by atoms with Gasteiger partial charge >= 0.3 is 0 Å². The largest absolute Gasteiger partial charge is 0.492 e. The summed E-state index contributed by atoms with van der Waals surface area (Å²) in [6, 6.07) is 2.68. The van der Waals surface area contributed by atoms with Crippen molar-refractivity contribution in [1.29, 1.82) is 0 Å². The lowest BCUT2D eigenvalue weighted by Gasteiger charge is -2.10. The van der Waals surface area contributed by atoms with Crippen molar-refractivity contribution in [2.75, 3.05) is 12.3 Å². The molecule has 5 nitrogen and oxygen atoms in total. The smallest absolute Gasteiger partial charge is 0.294 e. The van der Waals surface area contributed by atoms with Crippen molar-refractivity contribution in [2.45, 2.75) is 18.7 Å². The summed E-state index contributed by atoms with van der Waals surface area (Å²) in [5.74, 6) is 0.260. The quantitative estimate of drug-likeness (QED) is 0.603. The van der Waals surface area contributed by atoms with Crippen LogP contribution in [0.15, 0.2) is 17.0 Å². The third-order valence-corrected chi connectivity index (χ3v) is 2.88. The summed E-state index contributed by atoms with van der Waals surface area (Å²) in [7, 11) is -4.23. The molecule has 6 heteroatoms. The van der Waals surface area contributed by atoms with E-state index in [1.807, 2.05) is 0 Å². The molecule has 0 amide bonds. The summed E-state index contributed by atoms with van der Waals surface area (Å²) >= 11 is 0. The van der Waals surface area contributed by atoms with Gasteiger partial charge in [0.2, 0.25) is 0 Å². The highest BCUT2D eigenvalue weighted by Crippen LogP contribution is 2.28. The molecule has 1 aromatic rings. The van der Waals surface area contributed by atoms with Gasteiger partial charge in [0.1, 0.15) is 10.6 Å². The normalized spacial score (nSPS) is 11.4. The predicted octanol–water partition coefficient (Wildman–Crippen LogP) is 1.22. The van der Waals surface area contributed by atoms with E-state index in [0.717, 1.165) is 0 Å². The second-order valence-corrected chi connectivity index (χ2v) is 4.45. The molecular weight excluding hydrogens is 218 g/mol. The van der Waals surface area contributed by atoms with Gasteiger partial charge in [0.15, 0.2) is 0 Å². The van der Waals surface area contributed by atoms with Crippen LogP contribution >= 0.6 is 0 Å². The summed E-state index contributed by atoms with van der Waals surface area (Å²) in [6.45, 7) is 3.68. The number of hydrogen-bond acceptors (Lipinski definition) is 4. The van der Waals surface area contributed by atoms with Gasteiger partial charge in [-0.3, -0.25) is 4.55 Å². The predicted molar refractivity (Wildman–Crippen MR) is 56.6 cm³/mol. The molecule has 0 atom stereocenters. The maximum absolute atomic E-state index is 11.0. The average molecular weight is 231 g/mol. The molecule has 0 heterocycles. The lowest BCUT2D eigenvalue weighted by molar-refractivity contribution is 0.341. The molecule has 0 bridgehead atoms. The van der Waals surface area contributed by atoms with Crippen LogP contribution in [-0.4, -0.2) is 19.6 Å². The molecule has 3 N–H and O–H groups in total. The van der Waals surface area contributed by atoms with Gasteiger partial charge in [-0.1, -0.05) is 0 Å². The molecule has 0 saturated heterocycles. The summed E-state index contributed by atoms with van der Waals surface area (Å²) in [5, 5.41) is 0. The van der Waals surface area contributed by atoms with Gasteiger partial charge in [0, 0.05) is 6.07 Å². The second kappa shape index (κ2) is 4.08. The molecular formula is C9H13NO4S. The summed E-state index contributed by atoms with van der Waals surface area (Å²) in [6.07, 6.45) is 0. The number of hydrogen-bond donors (Lipinski definition) is 2. The molecule has 0 aliphatic heterocycles. The number of nitrogens with two attached hydrogens (primary N) is 1. The number of nitrogen functional groups attached to an aromatic ring is 1. The Morgan fingerprint density at radius 3 is 2.53 bits per heavy atom. The highest BCUT2D eigenvalue weighted by Gasteiger charge is 2.16. The molecule has 0 aliphatic rings. The number of rotatable bonds is 3. The Morgan fingerprint density at radius 2 is 2.07 bits per heavy atom. The van der Waals surface area contributed by atoms with E-state index in [1.54, 1.807) is 13.8 Å². The van der Waals surface area contributed by atoms with Crippen molar-refractivity contribution in [3.63, 3.8) is 0 Å². The second-order valence-electron chi connectivity index (χ2n) is 3.06. The van der Waals surface area contributed by atoms with E-state index in [9.17, 15) is 8.42 Å². The Kier molecular flexibility index (Phi) is 3.21. The van der Waals surface area contributed by atoms with Crippen LogP contribution in [-0.2, 0) is 10.1 Å². The molecule has 0 aromatic heterocycles. The van der Waals surface area contributed by atoms with Crippen LogP contribution < -0.4 is 10.5 Å². The van der Waals surface area contributed by atoms with Crippen LogP contribution in [0.4, 0.5) is 5.69 Å². The average Bonchev–Trinajstić information content (AvgIpc) is 2.07. The first-order valence-corrected chi connectivity index (χ1v) is 5.80. The third-order valence-electron chi connectivity index (χ3n) is 1.89. The van der Waals surface area contributed by atoms with Gasteiger partial charge in [-0.2, -0.15) is 8.42 Å². The molecule has 1 rings (SSSR count). The molecule has 0 fully saturated rings. The van der Waals surface area contributed by atoms with Crippen molar-refractivity contribution in [3.05, 3.63) is 17.7 Å². The first-order chi connectivity index (χ1) is 6.86. The van der Waals surface area contributed by atoms with Crippen LogP contribution in [0.1, 0.15) is 12.5 Å². The Hall–Kier alpha value is -1.27. The van der Waals surface area contributed by atoms with E-state index < -0.39 is 10.1 Å². The zero-order valence-corrected chi connectivity index (χ0v) is 9.34. The summed E-state index contributed by atoms with van der Waals surface area (Å²) < 4.78 is 36.0. The molecule has 0 aliphatic carbocycles. The van der Waals surface area contributed by atoms with E-state index in [-0.39, 0.29) is 10.6 Å². The van der Waals surface area contributed by atoms with Crippen LogP contribution in [0.25, 0.3) is 0 Å². The van der Waals surface area contributed by atoms with Crippen LogP contribution in [0, 0.1) is 6.92 Å². The zero-order valence-electron chi connectivity index (χ0n) is 8.52. The molecule has 15 heavy (non-hydrogen) atoms. The van der Waals surface area contributed by atoms with E-state index >= 15 is 0 Å². The minimum absolute atomic E-state index is 0.180. The van der Waals surface area contributed by atoms with Gasteiger partial charge in [-0.05, 0) is 25.5 Å². The van der Waals surface area contributed by atoms with Gasteiger partial charge in [0.25, 0.3) is 10.1 Å². The minimum atomic E-state index is -4.23. The van der Waals surface area contributed by atoms with E-state index in [4.69, 9.17) is 15.0 Å². The maximum Gasteiger partial charge on any atom is 0.294 e. The lowest BCUT2D eigenvalue weighted by Crippen LogP contribution is -2.04. The van der Waals surface area contributed by atoms with Crippen LogP contribution in [0.2, 0.25) is 0 Å². The van der Waals surface area contributed by atoms with Crippen LogP contribution in [0.3, 0.4) is 0 Å².